The molecule has 4 rings (SSSR count). The number of hydrogen-bond acceptors (Lipinski definition) is 5. The van der Waals surface area contributed by atoms with Gasteiger partial charge in [0.25, 0.3) is 5.56 Å². The maximum atomic E-state index is 13.0. The van der Waals surface area contributed by atoms with E-state index in [4.69, 9.17) is 0 Å². The van der Waals surface area contributed by atoms with Gasteiger partial charge in [-0.25, -0.2) is 13.2 Å². The molecule has 1 aliphatic rings. The van der Waals surface area contributed by atoms with Gasteiger partial charge >= 0.3 is 5.97 Å². The molecule has 0 aliphatic carbocycles. The molecule has 3 aromatic rings. The summed E-state index contributed by atoms with van der Waals surface area (Å²) in [6, 6.07) is 4.45. The number of benzene rings is 1. The number of aromatic nitrogens is 2. The van der Waals surface area contributed by atoms with E-state index in [1.54, 1.807) is 7.05 Å². The topological polar surface area (TPSA) is 135 Å². The van der Waals surface area contributed by atoms with Crippen molar-refractivity contribution in [3.05, 3.63) is 40.3 Å². The zero-order valence-electron chi connectivity index (χ0n) is 14.4. The molecule has 9 nitrogen and oxygen atoms in total. The second kappa shape index (κ2) is 6.19. The summed E-state index contributed by atoms with van der Waals surface area (Å²) in [6.07, 6.45) is 1.96. The average Bonchev–Trinajstić information content (AvgIpc) is 3.29. The molecular weight excluding hydrogens is 372 g/mol. The molecule has 27 heavy (non-hydrogen) atoms. The Labute approximate surface area is 154 Å². The number of carbonyl (C=O) groups is 1. The van der Waals surface area contributed by atoms with Crippen molar-refractivity contribution in [3.8, 4) is 0 Å². The van der Waals surface area contributed by atoms with E-state index in [0.29, 0.717) is 24.0 Å². The molecule has 1 saturated heterocycles. The highest BCUT2D eigenvalue weighted by Crippen LogP contribution is 2.29. The quantitative estimate of drug-likeness (QED) is 0.518. The third-order valence-electron chi connectivity index (χ3n) is 5.04. The van der Waals surface area contributed by atoms with Crippen LogP contribution in [0.3, 0.4) is 0 Å². The minimum atomic E-state index is -3.72. The van der Waals surface area contributed by atoms with E-state index < -0.39 is 21.6 Å². The van der Waals surface area contributed by atoms with Gasteiger partial charge in [-0.1, -0.05) is 0 Å². The van der Waals surface area contributed by atoms with Crippen LogP contribution in [0.5, 0.6) is 0 Å². The molecule has 2 aromatic heterocycles. The van der Waals surface area contributed by atoms with Crippen molar-refractivity contribution >= 4 is 37.8 Å². The number of carboxylic acid groups (broad SMARTS) is 1. The third kappa shape index (κ3) is 2.73. The second-order valence-corrected chi connectivity index (χ2v) is 8.49. The summed E-state index contributed by atoms with van der Waals surface area (Å²) < 4.78 is 27.4. The van der Waals surface area contributed by atoms with Crippen LogP contribution in [0.15, 0.2) is 34.1 Å². The standard InChI is InChI=1S/C17H18N4O5S/c1-18-9-4-5-21(8-9)27(25,26)10-2-3-13-11(6-10)14-12(17(23)24)7-19-15(14)16(22)20-13/h2-3,6-7,9,18-19H,4-5,8H2,1H3,(H,20,22)(H,23,24). The Morgan fingerprint density at radius 3 is 2.81 bits per heavy atom. The number of likely N-dealkylation sites (N-methyl/N-ethyl adjacent to an activating group) is 1. The van der Waals surface area contributed by atoms with E-state index in [1.165, 1.54) is 28.7 Å². The Kier molecular flexibility index (Phi) is 4.06. The summed E-state index contributed by atoms with van der Waals surface area (Å²) >= 11 is 0. The minimum Gasteiger partial charge on any atom is -0.478 e. The van der Waals surface area contributed by atoms with E-state index in [2.05, 4.69) is 15.3 Å². The molecule has 0 radical (unpaired) electrons. The monoisotopic (exact) mass is 390 g/mol. The second-order valence-electron chi connectivity index (χ2n) is 6.56. The molecule has 1 fully saturated rings. The first kappa shape index (κ1) is 17.7. The van der Waals surface area contributed by atoms with E-state index in [0.717, 1.165) is 6.42 Å². The van der Waals surface area contributed by atoms with Gasteiger partial charge in [-0.2, -0.15) is 4.31 Å². The predicted octanol–water partition coefficient (Wildman–Crippen LogP) is 0.690. The molecule has 0 amide bonds. The molecular formula is C17H18N4O5S. The summed E-state index contributed by atoms with van der Waals surface area (Å²) in [5.41, 5.74) is -0.0574. The van der Waals surface area contributed by atoms with Crippen LogP contribution in [0, 0.1) is 0 Å². The van der Waals surface area contributed by atoms with E-state index in [1.807, 2.05) is 0 Å². The average molecular weight is 390 g/mol. The molecule has 1 unspecified atom stereocenters. The number of sulfonamides is 1. The zero-order valence-corrected chi connectivity index (χ0v) is 15.3. The fraction of sp³-hybridized carbons (Fsp3) is 0.294. The van der Waals surface area contributed by atoms with Crippen LogP contribution in [0.4, 0.5) is 0 Å². The fourth-order valence-corrected chi connectivity index (χ4v) is 5.09. The van der Waals surface area contributed by atoms with Crippen molar-refractivity contribution < 1.29 is 18.3 Å². The van der Waals surface area contributed by atoms with E-state index in [9.17, 15) is 23.1 Å². The van der Waals surface area contributed by atoms with Gasteiger partial charge in [0.15, 0.2) is 0 Å². The number of rotatable bonds is 4. The largest absolute Gasteiger partial charge is 0.478 e. The smallest absolute Gasteiger partial charge is 0.337 e. The normalized spacial score (nSPS) is 18.5. The van der Waals surface area contributed by atoms with Crippen LogP contribution in [0.1, 0.15) is 16.8 Å². The Bertz CT molecular complexity index is 1230. The molecule has 3 heterocycles. The summed E-state index contributed by atoms with van der Waals surface area (Å²) in [4.78, 5) is 29.1. The van der Waals surface area contributed by atoms with Gasteiger partial charge in [0.1, 0.15) is 5.52 Å². The molecule has 1 aliphatic heterocycles. The van der Waals surface area contributed by atoms with Gasteiger partial charge in [0.2, 0.25) is 10.0 Å². The first-order valence-electron chi connectivity index (χ1n) is 8.40. The first-order valence-corrected chi connectivity index (χ1v) is 9.84. The van der Waals surface area contributed by atoms with Gasteiger partial charge in [-0.05, 0) is 31.7 Å². The first-order chi connectivity index (χ1) is 12.8. The number of carboxylic acids is 1. The van der Waals surface area contributed by atoms with E-state index in [-0.39, 0.29) is 27.4 Å². The van der Waals surface area contributed by atoms with Crippen LogP contribution in [0.2, 0.25) is 0 Å². The molecule has 1 atom stereocenters. The highest BCUT2D eigenvalue weighted by atomic mass is 32.2. The summed E-state index contributed by atoms with van der Waals surface area (Å²) in [5.74, 6) is -1.20. The fourth-order valence-electron chi connectivity index (χ4n) is 3.57. The summed E-state index contributed by atoms with van der Waals surface area (Å²) in [5, 5.41) is 13.1. The number of aromatic carboxylic acids is 1. The van der Waals surface area contributed by atoms with Crippen LogP contribution in [-0.2, 0) is 10.0 Å². The Morgan fingerprint density at radius 2 is 2.15 bits per heavy atom. The Balaban J connectivity index is 1.93. The number of aromatic amines is 2. The predicted molar refractivity (Wildman–Crippen MR) is 99.6 cm³/mol. The molecule has 0 saturated carbocycles. The molecule has 1 aromatic carbocycles. The van der Waals surface area contributed by atoms with Gasteiger partial charge in [0.05, 0.1) is 10.5 Å². The van der Waals surface area contributed by atoms with Crippen molar-refractivity contribution in [2.75, 3.05) is 20.1 Å². The Hall–Kier alpha value is -2.69. The van der Waals surface area contributed by atoms with Gasteiger partial charge in [0, 0.05) is 41.6 Å². The van der Waals surface area contributed by atoms with Gasteiger partial charge in [-0.3, -0.25) is 4.79 Å². The SMILES string of the molecule is CNC1CCN(S(=O)(=O)c2ccc3[nH]c(=O)c4[nH]cc(C(=O)O)c4c3c2)C1. The number of pyridine rings is 1. The maximum absolute atomic E-state index is 13.0. The lowest BCUT2D eigenvalue weighted by molar-refractivity contribution is 0.0699. The van der Waals surface area contributed by atoms with Crippen LogP contribution in [-0.4, -0.2) is 59.9 Å². The number of H-pyrrole nitrogens is 2. The number of nitrogens with one attached hydrogen (secondary N) is 3. The van der Waals surface area contributed by atoms with Crippen LogP contribution < -0.4 is 10.9 Å². The van der Waals surface area contributed by atoms with Crippen LogP contribution in [0.25, 0.3) is 21.8 Å². The van der Waals surface area contributed by atoms with Crippen molar-refractivity contribution in [1.29, 1.82) is 0 Å². The highest BCUT2D eigenvalue weighted by molar-refractivity contribution is 7.89. The van der Waals surface area contributed by atoms with Crippen molar-refractivity contribution in [3.63, 3.8) is 0 Å². The van der Waals surface area contributed by atoms with Crippen LogP contribution >= 0.6 is 0 Å². The number of hydrogen-bond donors (Lipinski definition) is 4. The van der Waals surface area contributed by atoms with Crippen molar-refractivity contribution in [2.45, 2.75) is 17.4 Å². The zero-order chi connectivity index (χ0) is 19.3. The minimum absolute atomic E-state index is 0.0673. The lowest BCUT2D eigenvalue weighted by Gasteiger charge is -2.17. The number of nitrogens with zero attached hydrogens (tertiary/aromatic N) is 1. The summed E-state index contributed by atoms with van der Waals surface area (Å²) in [7, 11) is -1.93. The van der Waals surface area contributed by atoms with Gasteiger partial charge < -0.3 is 20.4 Å². The third-order valence-corrected chi connectivity index (χ3v) is 6.90. The van der Waals surface area contributed by atoms with Crippen molar-refractivity contribution in [2.24, 2.45) is 0 Å². The van der Waals surface area contributed by atoms with Crippen molar-refractivity contribution in [1.82, 2.24) is 19.6 Å². The highest BCUT2D eigenvalue weighted by Gasteiger charge is 2.32. The molecule has 142 valence electrons. The molecule has 10 heteroatoms. The van der Waals surface area contributed by atoms with Gasteiger partial charge in [-0.15, -0.1) is 0 Å². The lowest BCUT2D eigenvalue weighted by atomic mass is 10.1. The Morgan fingerprint density at radius 1 is 1.37 bits per heavy atom. The number of fused-ring (bicyclic) bond motifs is 3. The molecule has 4 N–H and O–H groups in total. The maximum Gasteiger partial charge on any atom is 0.337 e. The summed E-state index contributed by atoms with van der Waals surface area (Å²) in [6.45, 7) is 0.792. The van der Waals surface area contributed by atoms with E-state index >= 15 is 0 Å². The lowest BCUT2D eigenvalue weighted by Crippen LogP contribution is -2.33. The molecule has 0 bridgehead atoms. The molecule has 0 spiro atoms.